The molecule has 0 fully saturated rings. The van der Waals surface area contributed by atoms with Crippen molar-refractivity contribution in [3.05, 3.63) is 90.3 Å². The van der Waals surface area contributed by atoms with Crippen LogP contribution in [0.2, 0.25) is 0 Å². The highest BCUT2D eigenvalue weighted by Crippen LogP contribution is 2.31. The smallest absolute Gasteiger partial charge is 0.162 e. The van der Waals surface area contributed by atoms with E-state index in [1.54, 1.807) is 6.92 Å². The lowest BCUT2D eigenvalue weighted by Crippen LogP contribution is -1.99. The van der Waals surface area contributed by atoms with E-state index in [0.717, 1.165) is 28.1 Å². The Labute approximate surface area is 147 Å². The molecule has 0 N–H and O–H groups in total. The predicted octanol–water partition coefficient (Wildman–Crippen LogP) is 5.81. The van der Waals surface area contributed by atoms with Gasteiger partial charge in [-0.15, -0.1) is 0 Å². The summed E-state index contributed by atoms with van der Waals surface area (Å²) < 4.78 is 2.12. The third kappa shape index (κ3) is 2.66. The zero-order chi connectivity index (χ0) is 17.4. The molecule has 0 saturated carbocycles. The molecule has 0 atom stereocenters. The normalized spacial score (nSPS) is 11.0. The summed E-state index contributed by atoms with van der Waals surface area (Å²) in [5, 5.41) is 2.41. The molecule has 0 amide bonds. The number of rotatable bonds is 3. The molecule has 0 aliphatic rings. The van der Waals surface area contributed by atoms with Crippen LogP contribution in [0.5, 0.6) is 0 Å². The first-order chi connectivity index (χ1) is 12.1. The second kappa shape index (κ2) is 6.06. The van der Waals surface area contributed by atoms with Gasteiger partial charge in [0.2, 0.25) is 0 Å². The Balaban J connectivity index is 1.94. The van der Waals surface area contributed by atoms with Gasteiger partial charge in [0, 0.05) is 28.7 Å². The Morgan fingerprint density at radius 2 is 1.52 bits per heavy atom. The van der Waals surface area contributed by atoms with Gasteiger partial charge in [-0.1, -0.05) is 60.7 Å². The highest BCUT2D eigenvalue weighted by molar-refractivity contribution is 6.02. The van der Waals surface area contributed by atoms with E-state index in [2.05, 4.69) is 41.1 Å². The van der Waals surface area contributed by atoms with Crippen LogP contribution < -0.4 is 0 Å². The van der Waals surface area contributed by atoms with Crippen LogP contribution in [-0.2, 0) is 0 Å². The monoisotopic (exact) mass is 325 g/mol. The van der Waals surface area contributed by atoms with Gasteiger partial charge in [-0.05, 0) is 42.3 Å². The van der Waals surface area contributed by atoms with E-state index in [-0.39, 0.29) is 5.78 Å². The van der Waals surface area contributed by atoms with Crippen molar-refractivity contribution >= 4 is 16.6 Å². The fourth-order valence-electron chi connectivity index (χ4n) is 3.48. The predicted molar refractivity (Wildman–Crippen MR) is 103 cm³/mol. The number of Topliss-reactive ketones (excluding diaryl/α,β-unsaturated/α-hetero) is 1. The molecule has 3 aromatic carbocycles. The topological polar surface area (TPSA) is 22.0 Å². The van der Waals surface area contributed by atoms with E-state index < -0.39 is 0 Å². The number of hydrogen-bond acceptors (Lipinski definition) is 1. The van der Waals surface area contributed by atoms with Crippen LogP contribution in [0.25, 0.3) is 27.6 Å². The fourth-order valence-corrected chi connectivity index (χ4v) is 3.48. The molecular formula is C23H19NO. The van der Waals surface area contributed by atoms with Crippen LogP contribution in [0.15, 0.2) is 79.0 Å². The van der Waals surface area contributed by atoms with Crippen molar-refractivity contribution in [3.63, 3.8) is 0 Å². The second-order valence-corrected chi connectivity index (χ2v) is 6.33. The zero-order valence-electron chi connectivity index (χ0n) is 14.4. The van der Waals surface area contributed by atoms with Crippen molar-refractivity contribution in [2.45, 2.75) is 13.8 Å². The van der Waals surface area contributed by atoms with Gasteiger partial charge in [0.05, 0.1) is 0 Å². The van der Waals surface area contributed by atoms with Crippen LogP contribution >= 0.6 is 0 Å². The molecule has 0 aliphatic heterocycles. The molecule has 0 spiro atoms. The summed E-state index contributed by atoms with van der Waals surface area (Å²) in [7, 11) is 0. The quantitative estimate of drug-likeness (QED) is 0.436. The van der Waals surface area contributed by atoms with Crippen LogP contribution in [0.1, 0.15) is 23.0 Å². The number of carbonyl (C=O) groups excluding carboxylic acids is 1. The molecule has 0 bridgehead atoms. The summed E-state index contributed by atoms with van der Waals surface area (Å²) in [4.78, 5) is 12.3. The lowest BCUT2D eigenvalue weighted by molar-refractivity contribution is 0.101. The Morgan fingerprint density at radius 3 is 2.24 bits per heavy atom. The van der Waals surface area contributed by atoms with Crippen LogP contribution in [-0.4, -0.2) is 10.4 Å². The van der Waals surface area contributed by atoms with Gasteiger partial charge in [-0.2, -0.15) is 0 Å². The first kappa shape index (κ1) is 15.4. The van der Waals surface area contributed by atoms with Crippen LogP contribution in [0.3, 0.4) is 0 Å². The maximum Gasteiger partial charge on any atom is 0.162 e. The third-order valence-electron chi connectivity index (χ3n) is 4.70. The minimum Gasteiger partial charge on any atom is -0.320 e. The van der Waals surface area contributed by atoms with E-state index >= 15 is 0 Å². The average Bonchev–Trinajstić information content (AvgIpc) is 2.99. The van der Waals surface area contributed by atoms with Gasteiger partial charge in [-0.25, -0.2) is 0 Å². The van der Waals surface area contributed by atoms with Gasteiger partial charge in [0.25, 0.3) is 0 Å². The first-order valence-corrected chi connectivity index (χ1v) is 8.42. The summed E-state index contributed by atoms with van der Waals surface area (Å²) >= 11 is 0. The Bertz CT molecular complexity index is 1070. The van der Waals surface area contributed by atoms with E-state index in [1.807, 2.05) is 49.4 Å². The molecule has 25 heavy (non-hydrogen) atoms. The number of aromatic nitrogens is 1. The number of ketones is 1. The molecule has 1 aromatic heterocycles. The third-order valence-corrected chi connectivity index (χ3v) is 4.70. The number of fused-ring (bicyclic) bond motifs is 1. The highest BCUT2D eigenvalue weighted by atomic mass is 16.1. The van der Waals surface area contributed by atoms with Crippen molar-refractivity contribution in [1.29, 1.82) is 0 Å². The summed E-state index contributed by atoms with van der Waals surface area (Å²) in [6, 6.07) is 24.8. The number of carbonyl (C=O) groups is 1. The molecule has 1 heterocycles. The Kier molecular flexibility index (Phi) is 3.73. The van der Waals surface area contributed by atoms with Gasteiger partial charge in [-0.3, -0.25) is 4.79 Å². The number of benzene rings is 3. The second-order valence-electron chi connectivity index (χ2n) is 6.33. The first-order valence-electron chi connectivity index (χ1n) is 8.42. The largest absolute Gasteiger partial charge is 0.320 e. The molecule has 0 aliphatic carbocycles. The van der Waals surface area contributed by atoms with Crippen molar-refractivity contribution in [3.8, 4) is 16.8 Å². The van der Waals surface area contributed by atoms with Gasteiger partial charge >= 0.3 is 0 Å². The van der Waals surface area contributed by atoms with Crippen molar-refractivity contribution in [2.75, 3.05) is 0 Å². The maximum absolute atomic E-state index is 12.3. The zero-order valence-corrected chi connectivity index (χ0v) is 14.4. The summed E-state index contributed by atoms with van der Waals surface area (Å²) in [5.41, 5.74) is 4.89. The van der Waals surface area contributed by atoms with E-state index in [0.29, 0.717) is 0 Å². The van der Waals surface area contributed by atoms with E-state index in [4.69, 9.17) is 0 Å². The van der Waals surface area contributed by atoms with Gasteiger partial charge in [0.1, 0.15) is 0 Å². The molecule has 4 rings (SSSR count). The van der Waals surface area contributed by atoms with Crippen molar-refractivity contribution < 1.29 is 4.79 Å². The standard InChI is InChI=1S/C23H19NO/c1-16-23(17(2)25)22(19-9-4-3-5-10-19)15-24(16)21-13-12-18-8-6-7-11-20(18)14-21/h3-15H,1-2H3. The summed E-state index contributed by atoms with van der Waals surface area (Å²) in [6.07, 6.45) is 2.07. The van der Waals surface area contributed by atoms with Crippen molar-refractivity contribution in [1.82, 2.24) is 4.57 Å². The highest BCUT2D eigenvalue weighted by Gasteiger charge is 2.18. The molecule has 0 saturated heterocycles. The molecule has 0 radical (unpaired) electrons. The number of hydrogen-bond donors (Lipinski definition) is 0. The molecule has 2 heteroatoms. The average molecular weight is 325 g/mol. The molecule has 4 aromatic rings. The minimum atomic E-state index is 0.0934. The minimum absolute atomic E-state index is 0.0934. The SMILES string of the molecule is CC(=O)c1c(-c2ccccc2)cn(-c2ccc3ccccc3c2)c1C. The summed E-state index contributed by atoms with van der Waals surface area (Å²) in [6.45, 7) is 3.65. The van der Waals surface area contributed by atoms with Crippen LogP contribution in [0, 0.1) is 6.92 Å². The summed E-state index contributed by atoms with van der Waals surface area (Å²) in [5.74, 6) is 0.0934. The van der Waals surface area contributed by atoms with Gasteiger partial charge < -0.3 is 4.57 Å². The number of nitrogens with zero attached hydrogens (tertiary/aromatic N) is 1. The maximum atomic E-state index is 12.3. The molecule has 2 nitrogen and oxygen atoms in total. The molecule has 0 unspecified atom stereocenters. The lowest BCUT2D eigenvalue weighted by Gasteiger charge is -2.08. The lowest BCUT2D eigenvalue weighted by atomic mass is 10.0. The Morgan fingerprint density at radius 1 is 0.840 bits per heavy atom. The molecular weight excluding hydrogens is 306 g/mol. The molecule has 122 valence electrons. The fraction of sp³-hybridized carbons (Fsp3) is 0.0870. The van der Waals surface area contributed by atoms with Crippen molar-refractivity contribution in [2.24, 2.45) is 0 Å². The van der Waals surface area contributed by atoms with E-state index in [1.165, 1.54) is 10.8 Å². The Hall–Kier alpha value is -3.13. The van der Waals surface area contributed by atoms with E-state index in [9.17, 15) is 4.79 Å². The van der Waals surface area contributed by atoms with Crippen LogP contribution in [0.4, 0.5) is 0 Å². The van der Waals surface area contributed by atoms with Gasteiger partial charge in [0.15, 0.2) is 5.78 Å².